The minimum atomic E-state index is 0.860. The highest BCUT2D eigenvalue weighted by Gasteiger charge is 2.09. The van der Waals surface area contributed by atoms with E-state index in [9.17, 15) is 0 Å². The van der Waals surface area contributed by atoms with E-state index in [4.69, 9.17) is 10.7 Å². The Morgan fingerprint density at radius 3 is 1.91 bits per heavy atom. The number of hydrogen-bond donors (Lipinski definition) is 1. The van der Waals surface area contributed by atoms with Crippen molar-refractivity contribution in [3.05, 3.63) is 58.7 Å². The molecule has 116 valence electrons. The highest BCUT2D eigenvalue weighted by Crippen LogP contribution is 2.28. The summed E-state index contributed by atoms with van der Waals surface area (Å²) < 4.78 is 0. The summed E-state index contributed by atoms with van der Waals surface area (Å²) in [6.45, 7) is 8.53. The van der Waals surface area contributed by atoms with Gasteiger partial charge in [0.1, 0.15) is 0 Å². The molecule has 0 saturated carbocycles. The summed E-state index contributed by atoms with van der Waals surface area (Å²) in [5.41, 5.74) is 14.1. The lowest BCUT2D eigenvalue weighted by Gasteiger charge is -2.13. The number of aryl methyl sites for hydroxylation is 3. The topological polar surface area (TPSA) is 38.4 Å². The molecule has 0 saturated heterocycles. The predicted molar refractivity (Wildman–Crippen MR) is 97.3 cm³/mol. The standard InChI is InChI=1S/C20H26N2/c1-5-15-10-9-13-18(19(15)21)14(4)22-20-16(6-2)11-8-12-17(20)7-3/h8-13H,5-7,21H2,1-4H3/b22-14-. The summed E-state index contributed by atoms with van der Waals surface area (Å²) in [7, 11) is 0. The SMILES string of the molecule is CCc1cccc(/C(C)=N\c2c(CC)cccc2CC)c1N. The number of hydrogen-bond acceptors (Lipinski definition) is 2. The molecule has 2 aromatic carbocycles. The number of rotatable bonds is 5. The van der Waals surface area contributed by atoms with E-state index in [0.717, 1.165) is 41.9 Å². The average Bonchev–Trinajstić information content (AvgIpc) is 2.55. The lowest BCUT2D eigenvalue weighted by molar-refractivity contribution is 1.08. The van der Waals surface area contributed by atoms with Crippen molar-refractivity contribution in [2.24, 2.45) is 4.99 Å². The molecule has 0 aromatic heterocycles. The first-order chi connectivity index (χ1) is 10.6. The van der Waals surface area contributed by atoms with Crippen LogP contribution in [0.15, 0.2) is 41.4 Å². The summed E-state index contributed by atoms with van der Waals surface area (Å²) in [6.07, 6.45) is 2.92. The van der Waals surface area contributed by atoms with Crippen LogP contribution in [0, 0.1) is 0 Å². The lowest BCUT2D eigenvalue weighted by Crippen LogP contribution is -2.04. The number of nitrogens with zero attached hydrogens (tertiary/aromatic N) is 1. The Balaban J connectivity index is 2.54. The third-order valence-corrected chi connectivity index (χ3v) is 4.21. The molecular formula is C20H26N2. The van der Waals surface area contributed by atoms with Gasteiger partial charge in [0, 0.05) is 17.0 Å². The van der Waals surface area contributed by atoms with Crippen LogP contribution in [0.2, 0.25) is 0 Å². The Kier molecular flexibility index (Phi) is 5.37. The zero-order valence-electron chi connectivity index (χ0n) is 14.1. The maximum Gasteiger partial charge on any atom is 0.0696 e. The molecule has 0 aliphatic rings. The molecule has 0 unspecified atom stereocenters. The summed E-state index contributed by atoms with van der Waals surface area (Å²) in [5, 5.41) is 0. The van der Waals surface area contributed by atoms with Crippen LogP contribution in [-0.4, -0.2) is 5.71 Å². The van der Waals surface area contributed by atoms with Crippen molar-refractivity contribution >= 4 is 17.1 Å². The van der Waals surface area contributed by atoms with E-state index >= 15 is 0 Å². The quantitative estimate of drug-likeness (QED) is 0.605. The van der Waals surface area contributed by atoms with Crippen molar-refractivity contribution in [3.63, 3.8) is 0 Å². The van der Waals surface area contributed by atoms with Gasteiger partial charge in [-0.15, -0.1) is 0 Å². The second-order valence-corrected chi connectivity index (χ2v) is 5.56. The molecule has 2 heteroatoms. The van der Waals surface area contributed by atoms with Crippen LogP contribution in [0.25, 0.3) is 0 Å². The van der Waals surface area contributed by atoms with E-state index in [1.165, 1.54) is 16.7 Å². The second kappa shape index (κ2) is 7.26. The highest BCUT2D eigenvalue weighted by molar-refractivity contribution is 6.05. The molecule has 0 aliphatic carbocycles. The molecule has 0 aliphatic heterocycles. The van der Waals surface area contributed by atoms with Crippen molar-refractivity contribution in [2.45, 2.75) is 47.0 Å². The van der Waals surface area contributed by atoms with Crippen LogP contribution in [-0.2, 0) is 19.3 Å². The first-order valence-electron chi connectivity index (χ1n) is 8.16. The summed E-state index contributed by atoms with van der Waals surface area (Å²) in [6, 6.07) is 12.7. The zero-order chi connectivity index (χ0) is 16.1. The molecule has 2 aromatic rings. The monoisotopic (exact) mass is 294 g/mol. The van der Waals surface area contributed by atoms with Crippen LogP contribution in [0.5, 0.6) is 0 Å². The molecule has 0 spiro atoms. The minimum Gasteiger partial charge on any atom is -0.398 e. The van der Waals surface area contributed by atoms with E-state index in [-0.39, 0.29) is 0 Å². The maximum absolute atomic E-state index is 6.31. The van der Waals surface area contributed by atoms with Gasteiger partial charge in [-0.2, -0.15) is 0 Å². The van der Waals surface area contributed by atoms with Gasteiger partial charge in [-0.3, -0.25) is 4.99 Å². The Labute approximate surface area is 134 Å². The van der Waals surface area contributed by atoms with Crippen molar-refractivity contribution in [3.8, 4) is 0 Å². The third-order valence-electron chi connectivity index (χ3n) is 4.21. The van der Waals surface area contributed by atoms with Crippen molar-refractivity contribution < 1.29 is 0 Å². The summed E-state index contributed by atoms with van der Waals surface area (Å²) in [5.74, 6) is 0. The fourth-order valence-corrected chi connectivity index (χ4v) is 2.82. The normalized spacial score (nSPS) is 11.7. The molecule has 22 heavy (non-hydrogen) atoms. The summed E-state index contributed by atoms with van der Waals surface area (Å²) >= 11 is 0. The van der Waals surface area contributed by atoms with E-state index in [1.54, 1.807) is 0 Å². The van der Waals surface area contributed by atoms with E-state index in [0.29, 0.717) is 0 Å². The van der Waals surface area contributed by atoms with Gasteiger partial charge in [-0.05, 0) is 42.9 Å². The van der Waals surface area contributed by atoms with Gasteiger partial charge in [0.25, 0.3) is 0 Å². The molecule has 0 atom stereocenters. The number of para-hydroxylation sites is 2. The fraction of sp³-hybridized carbons (Fsp3) is 0.350. The molecular weight excluding hydrogens is 268 g/mol. The van der Waals surface area contributed by atoms with E-state index in [2.05, 4.69) is 64.1 Å². The number of nitrogens with two attached hydrogens (primary N) is 1. The molecule has 2 nitrogen and oxygen atoms in total. The molecule has 0 fully saturated rings. The minimum absolute atomic E-state index is 0.860. The van der Waals surface area contributed by atoms with Gasteiger partial charge >= 0.3 is 0 Å². The van der Waals surface area contributed by atoms with Gasteiger partial charge in [-0.25, -0.2) is 0 Å². The number of aliphatic imine (C=N–C) groups is 1. The Morgan fingerprint density at radius 1 is 0.864 bits per heavy atom. The maximum atomic E-state index is 6.31. The van der Waals surface area contributed by atoms with Crippen LogP contribution in [0.3, 0.4) is 0 Å². The average molecular weight is 294 g/mol. The lowest BCUT2D eigenvalue weighted by atomic mass is 10.0. The van der Waals surface area contributed by atoms with Gasteiger partial charge in [-0.1, -0.05) is 57.2 Å². The smallest absolute Gasteiger partial charge is 0.0696 e. The van der Waals surface area contributed by atoms with E-state index < -0.39 is 0 Å². The number of anilines is 1. The molecule has 2 N–H and O–H groups in total. The van der Waals surface area contributed by atoms with Gasteiger partial charge < -0.3 is 5.73 Å². The molecule has 0 bridgehead atoms. The zero-order valence-corrected chi connectivity index (χ0v) is 14.1. The van der Waals surface area contributed by atoms with Crippen molar-refractivity contribution in [1.82, 2.24) is 0 Å². The Morgan fingerprint density at radius 2 is 1.36 bits per heavy atom. The van der Waals surface area contributed by atoms with Crippen LogP contribution in [0.1, 0.15) is 49.9 Å². The van der Waals surface area contributed by atoms with Gasteiger partial charge in [0.05, 0.1) is 5.69 Å². The molecule has 2 rings (SSSR count). The van der Waals surface area contributed by atoms with Crippen LogP contribution < -0.4 is 5.73 Å². The van der Waals surface area contributed by atoms with Crippen LogP contribution >= 0.6 is 0 Å². The highest BCUT2D eigenvalue weighted by atomic mass is 14.8. The fourth-order valence-electron chi connectivity index (χ4n) is 2.82. The second-order valence-electron chi connectivity index (χ2n) is 5.56. The molecule has 0 radical (unpaired) electrons. The first kappa shape index (κ1) is 16.3. The van der Waals surface area contributed by atoms with Crippen molar-refractivity contribution in [2.75, 3.05) is 5.73 Å². The Bertz CT molecular complexity index is 662. The number of benzene rings is 2. The van der Waals surface area contributed by atoms with E-state index in [1.807, 2.05) is 0 Å². The largest absolute Gasteiger partial charge is 0.398 e. The van der Waals surface area contributed by atoms with Crippen LogP contribution in [0.4, 0.5) is 11.4 Å². The first-order valence-corrected chi connectivity index (χ1v) is 8.16. The number of nitrogen functional groups attached to an aromatic ring is 1. The molecule has 0 heterocycles. The van der Waals surface area contributed by atoms with Gasteiger partial charge in [0.2, 0.25) is 0 Å². The van der Waals surface area contributed by atoms with Gasteiger partial charge in [0.15, 0.2) is 0 Å². The molecule has 0 amide bonds. The van der Waals surface area contributed by atoms with Crippen molar-refractivity contribution in [1.29, 1.82) is 0 Å². The Hall–Kier alpha value is -2.09. The predicted octanol–water partition coefficient (Wildman–Crippen LogP) is 5.10. The third kappa shape index (κ3) is 3.22. The summed E-state index contributed by atoms with van der Waals surface area (Å²) in [4.78, 5) is 4.94.